The Morgan fingerprint density at radius 3 is 2.20 bits per heavy atom. The molecular formula is C22H23F4N5O3S. The van der Waals surface area contributed by atoms with Crippen LogP contribution in [0.2, 0.25) is 0 Å². The molecule has 0 atom stereocenters. The Bertz CT molecular complexity index is 1350. The number of aryl methyl sites for hydroxylation is 2. The van der Waals surface area contributed by atoms with Crippen LogP contribution in [0.3, 0.4) is 0 Å². The molecule has 0 spiro atoms. The third-order valence-corrected chi connectivity index (χ3v) is 7.83. The maximum atomic E-state index is 13.5. The highest BCUT2D eigenvalue weighted by atomic mass is 32.2. The highest BCUT2D eigenvalue weighted by molar-refractivity contribution is 7.89. The molecule has 0 bridgehead atoms. The van der Waals surface area contributed by atoms with Gasteiger partial charge in [0.25, 0.3) is 12.9 Å². The smallest absolute Gasteiger partial charge is 0.280 e. The SMILES string of the molecule is Cc1ccc(S(=O)(=O)N2CCN(C(=O)Cn3nc(C)c4c(C(F)F)cc(C(F)F)nc43)CC2)cc1. The van der Waals surface area contributed by atoms with Crippen LogP contribution >= 0.6 is 0 Å². The van der Waals surface area contributed by atoms with Crippen LogP contribution in [0, 0.1) is 13.8 Å². The third-order valence-electron chi connectivity index (χ3n) is 5.92. The number of aromatic nitrogens is 3. The van der Waals surface area contributed by atoms with Crippen molar-refractivity contribution in [1.29, 1.82) is 0 Å². The predicted molar refractivity (Wildman–Crippen MR) is 119 cm³/mol. The monoisotopic (exact) mass is 513 g/mol. The molecule has 1 fully saturated rings. The minimum Gasteiger partial charge on any atom is -0.338 e. The van der Waals surface area contributed by atoms with Crippen molar-refractivity contribution in [2.75, 3.05) is 26.2 Å². The maximum Gasteiger partial charge on any atom is 0.280 e. The second kappa shape index (κ2) is 9.53. The summed E-state index contributed by atoms with van der Waals surface area (Å²) in [6, 6.07) is 7.13. The number of fused-ring (bicyclic) bond motifs is 1. The zero-order chi connectivity index (χ0) is 25.5. The van der Waals surface area contributed by atoms with Gasteiger partial charge in [0.05, 0.1) is 16.0 Å². The van der Waals surface area contributed by atoms with Gasteiger partial charge < -0.3 is 4.90 Å². The van der Waals surface area contributed by atoms with Gasteiger partial charge in [-0.25, -0.2) is 35.6 Å². The molecule has 1 aliphatic heterocycles. The van der Waals surface area contributed by atoms with E-state index in [1.54, 1.807) is 12.1 Å². The van der Waals surface area contributed by atoms with Crippen LogP contribution in [0.15, 0.2) is 35.2 Å². The van der Waals surface area contributed by atoms with Gasteiger partial charge >= 0.3 is 0 Å². The van der Waals surface area contributed by atoms with Crippen LogP contribution < -0.4 is 0 Å². The Balaban J connectivity index is 1.51. The first-order valence-electron chi connectivity index (χ1n) is 10.8. The van der Waals surface area contributed by atoms with Crippen molar-refractivity contribution >= 4 is 27.0 Å². The Morgan fingerprint density at radius 2 is 1.63 bits per heavy atom. The molecule has 1 amide bonds. The number of pyridine rings is 1. The largest absolute Gasteiger partial charge is 0.338 e. The number of rotatable bonds is 6. The van der Waals surface area contributed by atoms with E-state index in [2.05, 4.69) is 10.1 Å². The van der Waals surface area contributed by atoms with Gasteiger partial charge in [-0.15, -0.1) is 0 Å². The molecule has 35 heavy (non-hydrogen) atoms. The molecule has 0 N–H and O–H groups in total. The highest BCUT2D eigenvalue weighted by Gasteiger charge is 2.31. The summed E-state index contributed by atoms with van der Waals surface area (Å²) in [5, 5.41) is 4.03. The summed E-state index contributed by atoms with van der Waals surface area (Å²) < 4.78 is 81.6. The second-order valence-electron chi connectivity index (χ2n) is 8.28. The normalized spacial score (nSPS) is 15.5. The number of carbonyl (C=O) groups excluding carboxylic acids is 1. The van der Waals surface area contributed by atoms with Gasteiger partial charge in [-0.1, -0.05) is 17.7 Å². The second-order valence-corrected chi connectivity index (χ2v) is 10.2. The summed E-state index contributed by atoms with van der Waals surface area (Å²) in [4.78, 5) is 18.3. The van der Waals surface area contributed by atoms with E-state index in [0.29, 0.717) is 6.07 Å². The lowest BCUT2D eigenvalue weighted by Gasteiger charge is -2.34. The van der Waals surface area contributed by atoms with Crippen molar-refractivity contribution in [1.82, 2.24) is 24.0 Å². The van der Waals surface area contributed by atoms with Crippen LogP contribution in [0.25, 0.3) is 11.0 Å². The molecule has 2 aromatic heterocycles. The molecule has 188 valence electrons. The van der Waals surface area contributed by atoms with Crippen LogP contribution in [-0.4, -0.2) is 64.5 Å². The van der Waals surface area contributed by atoms with E-state index in [4.69, 9.17) is 0 Å². The molecule has 1 saturated heterocycles. The summed E-state index contributed by atoms with van der Waals surface area (Å²) in [7, 11) is -3.71. The molecule has 0 radical (unpaired) electrons. The molecule has 4 rings (SSSR count). The number of nitrogens with zero attached hydrogens (tertiary/aromatic N) is 5. The lowest BCUT2D eigenvalue weighted by atomic mass is 10.1. The molecule has 1 aliphatic rings. The molecule has 0 saturated carbocycles. The number of amides is 1. The lowest BCUT2D eigenvalue weighted by Crippen LogP contribution is -2.51. The van der Waals surface area contributed by atoms with Gasteiger partial charge in [0.15, 0.2) is 5.65 Å². The van der Waals surface area contributed by atoms with Crippen LogP contribution in [0.5, 0.6) is 0 Å². The van der Waals surface area contributed by atoms with E-state index >= 15 is 0 Å². The molecule has 0 unspecified atom stereocenters. The van der Waals surface area contributed by atoms with Crippen LogP contribution in [-0.2, 0) is 21.4 Å². The molecule has 13 heteroatoms. The lowest BCUT2D eigenvalue weighted by molar-refractivity contribution is -0.133. The van der Waals surface area contributed by atoms with Crippen LogP contribution in [0.4, 0.5) is 17.6 Å². The number of benzene rings is 1. The van der Waals surface area contributed by atoms with Gasteiger partial charge in [0, 0.05) is 31.7 Å². The van der Waals surface area contributed by atoms with Gasteiger partial charge in [-0.2, -0.15) is 9.40 Å². The quantitative estimate of drug-likeness (QED) is 0.471. The Hall–Kier alpha value is -3.06. The summed E-state index contributed by atoms with van der Waals surface area (Å²) >= 11 is 0. The predicted octanol–water partition coefficient (Wildman–Crippen LogP) is 3.46. The Labute approximate surface area is 199 Å². The first-order chi connectivity index (χ1) is 16.5. The number of halogens is 4. The topological polar surface area (TPSA) is 88.4 Å². The number of alkyl halides is 4. The number of piperazine rings is 1. The minimum absolute atomic E-state index is 0.0637. The summed E-state index contributed by atoms with van der Waals surface area (Å²) in [6.45, 7) is 3.25. The van der Waals surface area contributed by atoms with Crippen molar-refractivity contribution < 1.29 is 30.8 Å². The van der Waals surface area contributed by atoms with E-state index < -0.39 is 46.6 Å². The van der Waals surface area contributed by atoms with E-state index in [9.17, 15) is 30.8 Å². The Morgan fingerprint density at radius 1 is 1.00 bits per heavy atom. The van der Waals surface area contributed by atoms with Crippen molar-refractivity contribution in [2.45, 2.75) is 38.1 Å². The summed E-state index contributed by atoms with van der Waals surface area (Å²) in [5.74, 6) is -0.454. The van der Waals surface area contributed by atoms with Crippen LogP contribution in [0.1, 0.15) is 35.4 Å². The van der Waals surface area contributed by atoms with E-state index in [1.807, 2.05) is 6.92 Å². The van der Waals surface area contributed by atoms with Crippen molar-refractivity contribution in [3.8, 4) is 0 Å². The molecule has 0 aliphatic carbocycles. The average Bonchev–Trinajstić information content (AvgIpc) is 3.13. The number of carbonyl (C=O) groups is 1. The molecule has 3 aromatic rings. The van der Waals surface area contributed by atoms with Crippen molar-refractivity contribution in [2.24, 2.45) is 0 Å². The fourth-order valence-corrected chi connectivity index (χ4v) is 5.49. The molecule has 1 aromatic carbocycles. The fraction of sp³-hybridized carbons (Fsp3) is 0.409. The average molecular weight is 514 g/mol. The zero-order valence-corrected chi connectivity index (χ0v) is 19.8. The molecule has 3 heterocycles. The minimum atomic E-state index is -3.71. The van der Waals surface area contributed by atoms with E-state index in [1.165, 1.54) is 28.3 Å². The van der Waals surface area contributed by atoms with Gasteiger partial charge in [0.2, 0.25) is 15.9 Å². The fourth-order valence-electron chi connectivity index (χ4n) is 4.07. The summed E-state index contributed by atoms with van der Waals surface area (Å²) in [6.07, 6.45) is -6.09. The number of hydrogen-bond acceptors (Lipinski definition) is 5. The van der Waals surface area contributed by atoms with Gasteiger partial charge in [-0.3, -0.25) is 4.79 Å². The number of sulfonamides is 1. The Kier molecular flexibility index (Phi) is 6.82. The molecular weight excluding hydrogens is 490 g/mol. The standard InChI is InChI=1S/C22H23F4N5O3S/c1-13-3-5-15(6-4-13)35(33,34)30-9-7-29(8-10-30)18(32)12-31-22-19(14(2)28-31)16(20(23)24)11-17(27-22)21(25)26/h3-6,11,20-21H,7-10,12H2,1-2H3. The van der Waals surface area contributed by atoms with Gasteiger partial charge in [-0.05, 0) is 32.0 Å². The summed E-state index contributed by atoms with van der Waals surface area (Å²) in [5.41, 5.74) is -0.584. The van der Waals surface area contributed by atoms with Gasteiger partial charge in [0.1, 0.15) is 12.2 Å². The zero-order valence-electron chi connectivity index (χ0n) is 19.0. The van der Waals surface area contributed by atoms with Crippen molar-refractivity contribution in [3.05, 3.63) is 52.8 Å². The molecule has 8 nitrogen and oxygen atoms in total. The first-order valence-corrected chi connectivity index (χ1v) is 12.2. The third kappa shape index (κ3) is 4.87. The highest BCUT2D eigenvalue weighted by Crippen LogP contribution is 2.32. The first kappa shape index (κ1) is 25.0. The van der Waals surface area contributed by atoms with E-state index in [-0.39, 0.29) is 47.8 Å². The number of hydrogen-bond donors (Lipinski definition) is 0. The van der Waals surface area contributed by atoms with E-state index in [0.717, 1.165) is 10.2 Å². The maximum absolute atomic E-state index is 13.5. The van der Waals surface area contributed by atoms with Crippen molar-refractivity contribution in [3.63, 3.8) is 0 Å².